The molecule has 0 saturated heterocycles. The van der Waals surface area contributed by atoms with Crippen LogP contribution in [-0.2, 0) is 4.79 Å². The highest BCUT2D eigenvalue weighted by molar-refractivity contribution is 9.09. The van der Waals surface area contributed by atoms with Crippen molar-refractivity contribution in [3.63, 3.8) is 0 Å². The Morgan fingerprint density at radius 2 is 2.24 bits per heavy atom. The Hall–Kier alpha value is -0.110. The molecule has 0 aromatic rings. The van der Waals surface area contributed by atoms with Crippen molar-refractivity contribution in [2.45, 2.75) is 46.0 Å². The van der Waals surface area contributed by atoms with Gasteiger partial charge in [-0.2, -0.15) is 0 Å². The summed E-state index contributed by atoms with van der Waals surface area (Å²) in [5.74, 6) is 1.91. The van der Waals surface area contributed by atoms with Crippen LogP contribution in [0.4, 0.5) is 0 Å². The molecule has 0 amide bonds. The van der Waals surface area contributed by atoms with E-state index in [0.29, 0.717) is 23.5 Å². The minimum Gasteiger partial charge on any atom is -0.299 e. The lowest BCUT2D eigenvalue weighted by atomic mass is 9.53. The smallest absolute Gasteiger partial charge is 0.137 e. The average molecular weight is 299 g/mol. The minimum absolute atomic E-state index is 0.226. The predicted molar refractivity (Wildman–Crippen MR) is 75.3 cm³/mol. The SMILES string of the molecule is C=C(CBr)C1CC(=O)C2CCCC(C)C2(C)C1. The first kappa shape index (κ1) is 13.3. The van der Waals surface area contributed by atoms with E-state index in [2.05, 4.69) is 36.4 Å². The number of hydrogen-bond acceptors (Lipinski definition) is 1. The normalized spacial score (nSPS) is 42.1. The van der Waals surface area contributed by atoms with Gasteiger partial charge in [0.25, 0.3) is 0 Å². The van der Waals surface area contributed by atoms with Crippen molar-refractivity contribution in [1.29, 1.82) is 0 Å². The Kier molecular flexibility index (Phi) is 3.82. The van der Waals surface area contributed by atoms with Crippen LogP contribution in [0.2, 0.25) is 0 Å². The first-order valence-corrected chi connectivity index (χ1v) is 7.87. The van der Waals surface area contributed by atoms with Crippen LogP contribution in [0.5, 0.6) is 0 Å². The molecule has 4 atom stereocenters. The molecule has 2 rings (SSSR count). The number of halogens is 1. The zero-order valence-corrected chi connectivity index (χ0v) is 12.6. The summed E-state index contributed by atoms with van der Waals surface area (Å²) in [6.07, 6.45) is 5.53. The molecular weight excluding hydrogens is 276 g/mol. The van der Waals surface area contributed by atoms with E-state index in [1.807, 2.05) is 0 Å². The van der Waals surface area contributed by atoms with Crippen LogP contribution in [0, 0.1) is 23.2 Å². The summed E-state index contributed by atoms with van der Waals surface area (Å²) in [4.78, 5) is 12.4. The van der Waals surface area contributed by atoms with Crippen LogP contribution < -0.4 is 0 Å². The fourth-order valence-electron chi connectivity index (χ4n) is 3.89. The lowest BCUT2D eigenvalue weighted by molar-refractivity contribution is -0.137. The molecule has 4 unspecified atom stereocenters. The molecule has 2 saturated carbocycles. The molecule has 0 aromatic heterocycles. The van der Waals surface area contributed by atoms with Crippen LogP contribution in [0.1, 0.15) is 46.0 Å². The van der Waals surface area contributed by atoms with Crippen molar-refractivity contribution in [1.82, 2.24) is 0 Å². The van der Waals surface area contributed by atoms with Crippen LogP contribution >= 0.6 is 15.9 Å². The lowest BCUT2D eigenvalue weighted by Gasteiger charge is -2.51. The van der Waals surface area contributed by atoms with Crippen molar-refractivity contribution in [2.24, 2.45) is 23.2 Å². The van der Waals surface area contributed by atoms with E-state index in [-0.39, 0.29) is 5.41 Å². The molecule has 0 bridgehead atoms. The van der Waals surface area contributed by atoms with E-state index < -0.39 is 0 Å². The highest BCUT2D eigenvalue weighted by Gasteiger charge is 2.49. The number of carbonyl (C=O) groups is 1. The van der Waals surface area contributed by atoms with Crippen molar-refractivity contribution in [3.05, 3.63) is 12.2 Å². The summed E-state index contributed by atoms with van der Waals surface area (Å²) < 4.78 is 0. The zero-order valence-electron chi connectivity index (χ0n) is 11.0. The summed E-state index contributed by atoms with van der Waals surface area (Å²) in [6.45, 7) is 8.80. The van der Waals surface area contributed by atoms with Gasteiger partial charge in [-0.1, -0.05) is 54.8 Å². The standard InChI is InChI=1S/C15H23BrO/c1-10(9-16)12-7-14(17)13-6-4-5-11(2)15(13,3)8-12/h11-13H,1,4-9H2,2-3H3. The van der Waals surface area contributed by atoms with Crippen molar-refractivity contribution < 1.29 is 4.79 Å². The zero-order chi connectivity index (χ0) is 12.6. The first-order valence-electron chi connectivity index (χ1n) is 6.75. The molecule has 0 aromatic carbocycles. The summed E-state index contributed by atoms with van der Waals surface area (Å²) in [5.41, 5.74) is 1.43. The van der Waals surface area contributed by atoms with Gasteiger partial charge >= 0.3 is 0 Å². The second kappa shape index (κ2) is 4.87. The van der Waals surface area contributed by atoms with E-state index >= 15 is 0 Å². The van der Waals surface area contributed by atoms with E-state index in [1.54, 1.807) is 0 Å². The molecule has 2 heteroatoms. The topological polar surface area (TPSA) is 17.1 Å². The van der Waals surface area contributed by atoms with Gasteiger partial charge in [0, 0.05) is 17.7 Å². The maximum Gasteiger partial charge on any atom is 0.137 e. The molecule has 0 spiro atoms. The second-order valence-electron chi connectivity index (χ2n) is 6.25. The van der Waals surface area contributed by atoms with E-state index in [9.17, 15) is 4.79 Å². The third-order valence-corrected chi connectivity index (χ3v) is 6.04. The molecule has 0 heterocycles. The Morgan fingerprint density at radius 1 is 1.53 bits per heavy atom. The molecule has 1 nitrogen and oxygen atoms in total. The summed E-state index contributed by atoms with van der Waals surface area (Å²) in [5, 5.41) is 0.833. The number of fused-ring (bicyclic) bond motifs is 1. The Morgan fingerprint density at radius 3 is 2.88 bits per heavy atom. The Balaban J connectivity index is 2.23. The van der Waals surface area contributed by atoms with Gasteiger partial charge in [-0.3, -0.25) is 4.79 Å². The maximum atomic E-state index is 12.4. The Bertz CT molecular complexity index is 336. The van der Waals surface area contributed by atoms with Gasteiger partial charge in [0.15, 0.2) is 0 Å². The molecule has 2 aliphatic carbocycles. The van der Waals surface area contributed by atoms with E-state index in [4.69, 9.17) is 0 Å². The molecule has 2 fully saturated rings. The lowest BCUT2D eigenvalue weighted by Crippen LogP contribution is -2.47. The number of rotatable bonds is 2. The van der Waals surface area contributed by atoms with Crippen molar-refractivity contribution in [2.75, 3.05) is 5.33 Å². The Labute approximate surface area is 113 Å². The predicted octanol–water partition coefficient (Wildman–Crippen LogP) is 4.36. The van der Waals surface area contributed by atoms with Crippen LogP contribution in [0.25, 0.3) is 0 Å². The molecule has 0 aliphatic heterocycles. The quantitative estimate of drug-likeness (QED) is 0.547. The number of ketones is 1. The third kappa shape index (κ3) is 2.25. The molecular formula is C15H23BrO. The highest BCUT2D eigenvalue weighted by atomic mass is 79.9. The number of Topliss-reactive ketones (excluding diaryl/α,β-unsaturated/α-hetero) is 1. The van der Waals surface area contributed by atoms with Crippen molar-refractivity contribution in [3.8, 4) is 0 Å². The second-order valence-corrected chi connectivity index (χ2v) is 6.81. The summed E-state index contributed by atoms with van der Waals surface area (Å²) in [6, 6.07) is 0. The van der Waals surface area contributed by atoms with E-state index in [0.717, 1.165) is 24.6 Å². The van der Waals surface area contributed by atoms with Gasteiger partial charge in [-0.25, -0.2) is 0 Å². The molecule has 0 N–H and O–H groups in total. The molecule has 0 radical (unpaired) electrons. The highest BCUT2D eigenvalue weighted by Crippen LogP contribution is 2.54. The van der Waals surface area contributed by atoms with E-state index in [1.165, 1.54) is 18.4 Å². The van der Waals surface area contributed by atoms with Gasteiger partial charge in [-0.05, 0) is 30.1 Å². The van der Waals surface area contributed by atoms with Gasteiger partial charge in [0.2, 0.25) is 0 Å². The fraction of sp³-hybridized carbons (Fsp3) is 0.800. The molecule has 96 valence electrons. The average Bonchev–Trinajstić information content (AvgIpc) is 2.30. The van der Waals surface area contributed by atoms with Gasteiger partial charge in [0.1, 0.15) is 5.78 Å². The van der Waals surface area contributed by atoms with Gasteiger partial charge in [0.05, 0.1) is 0 Å². The summed E-state index contributed by atoms with van der Waals surface area (Å²) >= 11 is 3.48. The van der Waals surface area contributed by atoms with Crippen LogP contribution in [0.15, 0.2) is 12.2 Å². The number of alkyl halides is 1. The molecule has 2 aliphatic rings. The number of carbonyl (C=O) groups excluding carboxylic acids is 1. The van der Waals surface area contributed by atoms with Crippen LogP contribution in [0.3, 0.4) is 0 Å². The monoisotopic (exact) mass is 298 g/mol. The number of hydrogen-bond donors (Lipinski definition) is 0. The van der Waals surface area contributed by atoms with Crippen LogP contribution in [-0.4, -0.2) is 11.1 Å². The third-order valence-electron chi connectivity index (χ3n) is 5.32. The van der Waals surface area contributed by atoms with Gasteiger partial charge < -0.3 is 0 Å². The first-order chi connectivity index (χ1) is 7.99. The largest absolute Gasteiger partial charge is 0.299 e. The molecule has 17 heavy (non-hydrogen) atoms. The fourth-order valence-corrected chi connectivity index (χ4v) is 4.35. The maximum absolute atomic E-state index is 12.4. The minimum atomic E-state index is 0.226. The van der Waals surface area contributed by atoms with Gasteiger partial charge in [-0.15, -0.1) is 0 Å². The number of allylic oxidation sites excluding steroid dienone is 1. The van der Waals surface area contributed by atoms with Crippen molar-refractivity contribution >= 4 is 21.7 Å². The summed E-state index contributed by atoms with van der Waals surface area (Å²) in [7, 11) is 0.